The van der Waals surface area contributed by atoms with E-state index in [0.29, 0.717) is 6.04 Å². The Bertz CT molecular complexity index is 544. The minimum atomic E-state index is 0.414. The van der Waals surface area contributed by atoms with Crippen molar-refractivity contribution in [3.05, 3.63) is 54.1 Å². The third-order valence-corrected chi connectivity index (χ3v) is 3.71. The first kappa shape index (κ1) is 15.6. The van der Waals surface area contributed by atoms with E-state index in [9.17, 15) is 0 Å². The molecule has 0 saturated carbocycles. The van der Waals surface area contributed by atoms with Crippen LogP contribution in [-0.2, 0) is 0 Å². The minimum Gasteiger partial charge on any atom is -0.494 e. The molecule has 0 aromatic heterocycles. The van der Waals surface area contributed by atoms with Crippen LogP contribution in [0.2, 0.25) is 0 Å². The van der Waals surface area contributed by atoms with Crippen LogP contribution in [0.4, 0.5) is 0 Å². The first-order chi connectivity index (χ1) is 10.3. The highest BCUT2D eigenvalue weighted by molar-refractivity contribution is 5.65. The maximum Gasteiger partial charge on any atom is 0.119 e. The van der Waals surface area contributed by atoms with Crippen molar-refractivity contribution in [1.29, 1.82) is 0 Å². The third-order valence-electron chi connectivity index (χ3n) is 3.71. The van der Waals surface area contributed by atoms with E-state index in [0.717, 1.165) is 25.2 Å². The summed E-state index contributed by atoms with van der Waals surface area (Å²) in [5.41, 5.74) is 3.82. The number of hydrogen-bond acceptors (Lipinski definition) is 2. The lowest BCUT2D eigenvalue weighted by molar-refractivity contribution is 0.317. The summed E-state index contributed by atoms with van der Waals surface area (Å²) in [6.45, 7) is 5.09. The Balaban J connectivity index is 2.19. The quantitative estimate of drug-likeness (QED) is 0.787. The third kappa shape index (κ3) is 4.08. The van der Waals surface area contributed by atoms with Gasteiger partial charge in [0.1, 0.15) is 5.75 Å². The van der Waals surface area contributed by atoms with E-state index < -0.39 is 0 Å². The fourth-order valence-corrected chi connectivity index (χ4v) is 2.50. The van der Waals surface area contributed by atoms with Crippen LogP contribution in [-0.4, -0.2) is 13.7 Å². The van der Waals surface area contributed by atoms with Gasteiger partial charge in [0.25, 0.3) is 0 Å². The van der Waals surface area contributed by atoms with Gasteiger partial charge in [0, 0.05) is 6.04 Å². The molecule has 21 heavy (non-hydrogen) atoms. The highest BCUT2D eigenvalue weighted by Crippen LogP contribution is 2.26. The number of ether oxygens (including phenoxy) is 1. The molecule has 0 aliphatic heterocycles. The van der Waals surface area contributed by atoms with Crippen LogP contribution in [0, 0.1) is 0 Å². The van der Waals surface area contributed by atoms with Gasteiger partial charge in [-0.05, 0) is 54.8 Å². The fourth-order valence-electron chi connectivity index (χ4n) is 2.50. The molecule has 0 aliphatic carbocycles. The van der Waals surface area contributed by atoms with E-state index in [1.807, 2.05) is 19.2 Å². The van der Waals surface area contributed by atoms with Crippen molar-refractivity contribution in [2.45, 2.75) is 32.7 Å². The topological polar surface area (TPSA) is 21.3 Å². The molecule has 0 radical (unpaired) electrons. The predicted molar refractivity (Wildman–Crippen MR) is 89.8 cm³/mol. The number of rotatable bonds is 7. The Labute approximate surface area is 128 Å². The van der Waals surface area contributed by atoms with Gasteiger partial charge < -0.3 is 10.1 Å². The zero-order chi connectivity index (χ0) is 15.1. The van der Waals surface area contributed by atoms with Gasteiger partial charge in [-0.1, -0.05) is 44.2 Å². The second kappa shape index (κ2) is 7.84. The Kier molecular flexibility index (Phi) is 5.82. The van der Waals surface area contributed by atoms with Crippen LogP contribution in [0.5, 0.6) is 5.75 Å². The average Bonchev–Trinajstić information content (AvgIpc) is 2.55. The van der Waals surface area contributed by atoms with Gasteiger partial charge >= 0.3 is 0 Å². The second-order valence-corrected chi connectivity index (χ2v) is 5.25. The molecule has 2 aromatic rings. The van der Waals surface area contributed by atoms with Crippen LogP contribution in [0.1, 0.15) is 38.3 Å². The molecule has 2 heteroatoms. The molecular weight excluding hydrogens is 258 g/mol. The highest BCUT2D eigenvalue weighted by atomic mass is 16.5. The summed E-state index contributed by atoms with van der Waals surface area (Å²) >= 11 is 0. The molecular formula is C19H25NO. The zero-order valence-corrected chi connectivity index (χ0v) is 13.2. The molecule has 2 aromatic carbocycles. The lowest BCUT2D eigenvalue weighted by Crippen LogP contribution is -2.15. The predicted octanol–water partition coefficient (Wildman–Crippen LogP) is 4.81. The molecule has 0 fully saturated rings. The molecule has 112 valence electrons. The first-order valence-electron chi connectivity index (χ1n) is 7.79. The van der Waals surface area contributed by atoms with E-state index in [2.05, 4.69) is 55.6 Å². The van der Waals surface area contributed by atoms with Gasteiger partial charge in [-0.15, -0.1) is 0 Å². The SMILES string of the molecule is CCCOc1ccc(-c2cccc(C(CC)NC)c2)cc1. The summed E-state index contributed by atoms with van der Waals surface area (Å²) in [4.78, 5) is 0. The monoisotopic (exact) mass is 283 g/mol. The number of benzene rings is 2. The molecule has 0 aliphatic rings. The lowest BCUT2D eigenvalue weighted by atomic mass is 9.98. The Morgan fingerprint density at radius 2 is 1.76 bits per heavy atom. The standard InChI is InChI=1S/C19H25NO/c1-4-13-21-18-11-9-15(10-12-18)16-7-6-8-17(14-16)19(5-2)20-3/h6-12,14,19-20H,4-5,13H2,1-3H3. The summed E-state index contributed by atoms with van der Waals surface area (Å²) in [7, 11) is 2.01. The molecule has 0 heterocycles. The lowest BCUT2D eigenvalue weighted by Gasteiger charge is -2.15. The van der Waals surface area contributed by atoms with E-state index in [1.165, 1.54) is 16.7 Å². The number of hydrogen-bond donors (Lipinski definition) is 1. The second-order valence-electron chi connectivity index (χ2n) is 5.25. The molecule has 0 bridgehead atoms. The molecule has 2 nitrogen and oxygen atoms in total. The Hall–Kier alpha value is -1.80. The van der Waals surface area contributed by atoms with Crippen molar-refractivity contribution in [3.63, 3.8) is 0 Å². The Morgan fingerprint density at radius 3 is 2.38 bits per heavy atom. The first-order valence-corrected chi connectivity index (χ1v) is 7.79. The highest BCUT2D eigenvalue weighted by Gasteiger charge is 2.07. The van der Waals surface area contributed by atoms with Gasteiger partial charge in [0.2, 0.25) is 0 Å². The molecule has 1 unspecified atom stereocenters. The zero-order valence-electron chi connectivity index (χ0n) is 13.2. The Morgan fingerprint density at radius 1 is 1.00 bits per heavy atom. The number of nitrogens with one attached hydrogen (secondary N) is 1. The summed E-state index contributed by atoms with van der Waals surface area (Å²) in [6.07, 6.45) is 2.12. The largest absolute Gasteiger partial charge is 0.494 e. The van der Waals surface area contributed by atoms with Crippen LogP contribution in [0.25, 0.3) is 11.1 Å². The molecule has 1 atom stereocenters. The van der Waals surface area contributed by atoms with Crippen LogP contribution in [0.15, 0.2) is 48.5 Å². The molecule has 1 N–H and O–H groups in total. The molecule has 0 amide bonds. The normalized spacial score (nSPS) is 12.1. The van der Waals surface area contributed by atoms with E-state index in [4.69, 9.17) is 4.74 Å². The van der Waals surface area contributed by atoms with Crippen LogP contribution < -0.4 is 10.1 Å². The molecule has 2 rings (SSSR count). The summed E-state index contributed by atoms with van der Waals surface area (Å²) < 4.78 is 5.63. The van der Waals surface area contributed by atoms with Crippen molar-refractivity contribution in [2.24, 2.45) is 0 Å². The minimum absolute atomic E-state index is 0.414. The fraction of sp³-hybridized carbons (Fsp3) is 0.368. The maximum absolute atomic E-state index is 5.63. The van der Waals surface area contributed by atoms with Crippen molar-refractivity contribution in [2.75, 3.05) is 13.7 Å². The van der Waals surface area contributed by atoms with Gasteiger partial charge in [-0.25, -0.2) is 0 Å². The van der Waals surface area contributed by atoms with Gasteiger partial charge in [0.05, 0.1) is 6.61 Å². The van der Waals surface area contributed by atoms with Crippen molar-refractivity contribution >= 4 is 0 Å². The van der Waals surface area contributed by atoms with Gasteiger partial charge in [-0.2, -0.15) is 0 Å². The van der Waals surface area contributed by atoms with E-state index in [1.54, 1.807) is 0 Å². The van der Waals surface area contributed by atoms with Crippen molar-refractivity contribution < 1.29 is 4.74 Å². The summed E-state index contributed by atoms with van der Waals surface area (Å²) in [5.74, 6) is 0.943. The van der Waals surface area contributed by atoms with Crippen LogP contribution in [0.3, 0.4) is 0 Å². The summed E-state index contributed by atoms with van der Waals surface area (Å²) in [5, 5.41) is 3.36. The average molecular weight is 283 g/mol. The van der Waals surface area contributed by atoms with E-state index in [-0.39, 0.29) is 0 Å². The van der Waals surface area contributed by atoms with Gasteiger partial charge in [0.15, 0.2) is 0 Å². The van der Waals surface area contributed by atoms with Crippen LogP contribution >= 0.6 is 0 Å². The van der Waals surface area contributed by atoms with Crippen molar-refractivity contribution in [1.82, 2.24) is 5.32 Å². The van der Waals surface area contributed by atoms with Gasteiger partial charge in [-0.3, -0.25) is 0 Å². The van der Waals surface area contributed by atoms with E-state index >= 15 is 0 Å². The van der Waals surface area contributed by atoms with Crippen molar-refractivity contribution in [3.8, 4) is 16.9 Å². The molecule has 0 saturated heterocycles. The molecule has 0 spiro atoms. The maximum atomic E-state index is 5.63. The summed E-state index contributed by atoms with van der Waals surface area (Å²) in [6, 6.07) is 17.5. The smallest absolute Gasteiger partial charge is 0.119 e.